The number of carboxylic acids is 1. The van der Waals surface area contributed by atoms with Gasteiger partial charge in [0.05, 0.1) is 19.9 Å². The second-order valence-electron chi connectivity index (χ2n) is 5.27. The predicted molar refractivity (Wildman–Crippen MR) is 92.7 cm³/mol. The zero-order chi connectivity index (χ0) is 17.4. The molecule has 6 nitrogen and oxygen atoms in total. The van der Waals surface area contributed by atoms with Crippen molar-refractivity contribution in [3.05, 3.63) is 34.5 Å². The first kappa shape index (κ1) is 16.3. The minimum absolute atomic E-state index is 0.340. The van der Waals surface area contributed by atoms with Crippen molar-refractivity contribution >= 4 is 22.3 Å². The predicted octanol–water partition coefficient (Wildman–Crippen LogP) is 3.65. The molecule has 0 atom stereocenters. The van der Waals surface area contributed by atoms with Crippen LogP contribution in [0.3, 0.4) is 0 Å². The van der Waals surface area contributed by atoms with Crippen molar-refractivity contribution < 1.29 is 19.4 Å². The van der Waals surface area contributed by atoms with Gasteiger partial charge >= 0.3 is 5.97 Å². The van der Waals surface area contributed by atoms with Gasteiger partial charge in [0, 0.05) is 17.0 Å². The smallest absolute Gasteiger partial charge is 0.347 e. The Bertz CT molecular complexity index is 926. The van der Waals surface area contributed by atoms with Crippen LogP contribution in [-0.4, -0.2) is 34.7 Å². The second kappa shape index (κ2) is 6.16. The average Bonchev–Trinajstić information content (AvgIpc) is 3.11. The molecule has 0 aliphatic carbocycles. The van der Waals surface area contributed by atoms with Gasteiger partial charge in [0.25, 0.3) is 0 Å². The molecule has 3 aromatic rings. The maximum atomic E-state index is 11.4. The molecule has 2 heterocycles. The van der Waals surface area contributed by atoms with Crippen molar-refractivity contribution in [3.8, 4) is 22.8 Å². The van der Waals surface area contributed by atoms with E-state index < -0.39 is 5.97 Å². The summed E-state index contributed by atoms with van der Waals surface area (Å²) in [7, 11) is 3.22. The van der Waals surface area contributed by atoms with Crippen molar-refractivity contribution in [2.45, 2.75) is 20.3 Å². The molecule has 1 N–H and O–H groups in total. The highest BCUT2D eigenvalue weighted by Crippen LogP contribution is 2.37. The lowest BCUT2D eigenvalue weighted by Gasteiger charge is -2.10. The van der Waals surface area contributed by atoms with Crippen LogP contribution in [0.5, 0.6) is 11.5 Å². The molecule has 0 aliphatic heterocycles. The summed E-state index contributed by atoms with van der Waals surface area (Å²) in [4.78, 5) is 17.1. The molecule has 0 fully saturated rings. The fraction of sp³-hybridized carbons (Fsp3) is 0.294. The van der Waals surface area contributed by atoms with Gasteiger partial charge < -0.3 is 14.6 Å². The Labute approximate surface area is 143 Å². The molecule has 24 heavy (non-hydrogen) atoms. The van der Waals surface area contributed by atoms with E-state index in [1.54, 1.807) is 14.2 Å². The highest BCUT2D eigenvalue weighted by molar-refractivity contribution is 7.19. The first-order valence-electron chi connectivity index (χ1n) is 7.48. The molecule has 0 saturated carbocycles. The second-order valence-corrected chi connectivity index (χ2v) is 6.24. The third kappa shape index (κ3) is 2.41. The number of nitrogens with zero attached hydrogens (tertiary/aromatic N) is 2. The molecule has 126 valence electrons. The van der Waals surface area contributed by atoms with E-state index in [4.69, 9.17) is 9.47 Å². The molecule has 0 spiro atoms. The highest BCUT2D eigenvalue weighted by Gasteiger charge is 2.23. The summed E-state index contributed by atoms with van der Waals surface area (Å²) < 4.78 is 12.7. The molecule has 0 saturated heterocycles. The molecule has 7 heteroatoms. The lowest BCUT2D eigenvalue weighted by atomic mass is 10.1. The van der Waals surface area contributed by atoms with Gasteiger partial charge in [0.2, 0.25) is 0 Å². The number of fused-ring (bicyclic) bond motifs is 1. The molecule has 2 aromatic heterocycles. The van der Waals surface area contributed by atoms with Crippen LogP contribution in [0.15, 0.2) is 18.2 Å². The van der Waals surface area contributed by atoms with Crippen LogP contribution in [0.2, 0.25) is 0 Å². The van der Waals surface area contributed by atoms with E-state index in [1.807, 2.05) is 36.4 Å². The molecular weight excluding hydrogens is 328 g/mol. The number of aryl methyl sites for hydroxylation is 2. The number of hydrogen-bond donors (Lipinski definition) is 1. The summed E-state index contributed by atoms with van der Waals surface area (Å²) in [5, 5.41) is 9.38. The number of imidazole rings is 1. The van der Waals surface area contributed by atoms with Crippen molar-refractivity contribution in [1.29, 1.82) is 0 Å². The Morgan fingerprint density at radius 2 is 2.08 bits per heavy atom. The topological polar surface area (TPSA) is 73.1 Å². The average molecular weight is 346 g/mol. The van der Waals surface area contributed by atoms with Crippen LogP contribution in [0.1, 0.15) is 28.0 Å². The van der Waals surface area contributed by atoms with Crippen LogP contribution >= 0.6 is 11.3 Å². The monoisotopic (exact) mass is 346 g/mol. The van der Waals surface area contributed by atoms with E-state index in [0.717, 1.165) is 22.6 Å². The minimum atomic E-state index is -0.915. The van der Waals surface area contributed by atoms with E-state index in [-0.39, 0.29) is 0 Å². The van der Waals surface area contributed by atoms with Gasteiger partial charge in [0.1, 0.15) is 16.4 Å². The molecule has 0 radical (unpaired) electrons. The van der Waals surface area contributed by atoms with E-state index >= 15 is 0 Å². The Balaban J connectivity index is 2.27. The van der Waals surface area contributed by atoms with Crippen LogP contribution in [0, 0.1) is 6.92 Å². The summed E-state index contributed by atoms with van der Waals surface area (Å²) in [5.74, 6) is 0.493. The minimum Gasteiger partial charge on any atom is -0.497 e. The van der Waals surface area contributed by atoms with Crippen molar-refractivity contribution in [1.82, 2.24) is 9.38 Å². The number of carbonyl (C=O) groups is 1. The number of thiazole rings is 1. The quantitative estimate of drug-likeness (QED) is 0.763. The zero-order valence-electron chi connectivity index (χ0n) is 13.9. The van der Waals surface area contributed by atoms with E-state index in [2.05, 4.69) is 4.98 Å². The van der Waals surface area contributed by atoms with Gasteiger partial charge in [-0.15, -0.1) is 0 Å². The number of ether oxygens (including phenoxy) is 2. The maximum Gasteiger partial charge on any atom is 0.347 e. The summed E-state index contributed by atoms with van der Waals surface area (Å²) >= 11 is 1.19. The highest BCUT2D eigenvalue weighted by atomic mass is 32.1. The number of aromatic carboxylic acids is 1. The lowest BCUT2D eigenvalue weighted by Crippen LogP contribution is -2.01. The number of carboxylic acid groups (broad SMARTS) is 1. The summed E-state index contributed by atoms with van der Waals surface area (Å²) in [5.41, 5.74) is 3.24. The van der Waals surface area contributed by atoms with Crippen LogP contribution < -0.4 is 9.47 Å². The largest absolute Gasteiger partial charge is 0.497 e. The Morgan fingerprint density at radius 1 is 1.33 bits per heavy atom. The SMILES string of the molecule is CCc1c(C(=O)O)sc2nc(-c3cc(OC)ccc3OC)c(C)n12. The number of aromatic nitrogens is 2. The summed E-state index contributed by atoms with van der Waals surface area (Å²) in [6, 6.07) is 5.54. The Kier molecular flexibility index (Phi) is 4.19. The van der Waals surface area contributed by atoms with Crippen molar-refractivity contribution in [2.24, 2.45) is 0 Å². The molecule has 3 rings (SSSR count). The fourth-order valence-electron chi connectivity index (χ4n) is 2.85. The molecule has 1 aromatic carbocycles. The third-order valence-corrected chi connectivity index (χ3v) is 5.06. The van der Waals surface area contributed by atoms with E-state index in [1.165, 1.54) is 11.3 Å². The van der Waals surface area contributed by atoms with Gasteiger partial charge in [-0.1, -0.05) is 18.3 Å². The van der Waals surface area contributed by atoms with E-state index in [9.17, 15) is 9.90 Å². The first-order chi connectivity index (χ1) is 11.5. The van der Waals surface area contributed by atoms with Gasteiger partial charge in [-0.05, 0) is 31.5 Å². The normalized spacial score (nSPS) is 11.0. The number of rotatable bonds is 5. The molecule has 0 unspecified atom stereocenters. The van der Waals surface area contributed by atoms with E-state index in [0.29, 0.717) is 27.8 Å². The zero-order valence-corrected chi connectivity index (χ0v) is 14.7. The number of hydrogen-bond acceptors (Lipinski definition) is 5. The number of methoxy groups -OCH3 is 2. The summed E-state index contributed by atoms with van der Waals surface area (Å²) in [6.07, 6.45) is 0.619. The molecular formula is C17H18N2O4S. The molecule has 0 amide bonds. The Hall–Kier alpha value is -2.54. The number of benzene rings is 1. The summed E-state index contributed by atoms with van der Waals surface area (Å²) in [6.45, 7) is 3.88. The lowest BCUT2D eigenvalue weighted by molar-refractivity contribution is 0.0700. The van der Waals surface area contributed by atoms with Crippen LogP contribution in [0.4, 0.5) is 0 Å². The molecule has 0 aliphatic rings. The van der Waals surface area contributed by atoms with Gasteiger partial charge in [-0.3, -0.25) is 4.40 Å². The van der Waals surface area contributed by atoms with Crippen LogP contribution in [-0.2, 0) is 6.42 Å². The van der Waals surface area contributed by atoms with Gasteiger partial charge in [-0.2, -0.15) is 0 Å². The standard InChI is InChI=1S/C17H18N2O4S/c1-5-12-15(16(20)21)24-17-18-14(9(2)19(12)17)11-8-10(22-3)6-7-13(11)23-4/h6-8H,5H2,1-4H3,(H,20,21). The molecule has 0 bridgehead atoms. The van der Waals surface area contributed by atoms with Gasteiger partial charge in [-0.25, -0.2) is 9.78 Å². The third-order valence-electron chi connectivity index (χ3n) is 3.99. The Morgan fingerprint density at radius 3 is 2.67 bits per heavy atom. The fourth-order valence-corrected chi connectivity index (χ4v) is 3.95. The van der Waals surface area contributed by atoms with Gasteiger partial charge in [0.15, 0.2) is 4.96 Å². The maximum absolute atomic E-state index is 11.4. The van der Waals surface area contributed by atoms with Crippen molar-refractivity contribution in [3.63, 3.8) is 0 Å². The van der Waals surface area contributed by atoms with Crippen molar-refractivity contribution in [2.75, 3.05) is 14.2 Å². The first-order valence-corrected chi connectivity index (χ1v) is 8.29. The van der Waals surface area contributed by atoms with Crippen LogP contribution in [0.25, 0.3) is 16.2 Å².